The summed E-state index contributed by atoms with van der Waals surface area (Å²) in [6.45, 7) is 16.5. The smallest absolute Gasteiger partial charge is 0.0233 e. The lowest BCUT2D eigenvalue weighted by atomic mass is 9.90. The second kappa shape index (κ2) is 2.93. The maximum absolute atomic E-state index is 4.04. The predicted molar refractivity (Wildman–Crippen MR) is 54.3 cm³/mol. The molecule has 0 aliphatic rings. The molecule has 64 valence electrons. The van der Waals surface area contributed by atoms with Crippen molar-refractivity contribution in [2.75, 3.05) is 0 Å². The second-order valence-electron chi connectivity index (χ2n) is 3.46. The molecular formula is C12H16. The summed E-state index contributed by atoms with van der Waals surface area (Å²) in [6, 6.07) is 0. The summed E-state index contributed by atoms with van der Waals surface area (Å²) in [6.07, 6.45) is 0. The van der Waals surface area contributed by atoms with E-state index in [4.69, 9.17) is 0 Å². The first-order valence-corrected chi connectivity index (χ1v) is 4.21. The van der Waals surface area contributed by atoms with Crippen molar-refractivity contribution in [1.82, 2.24) is 0 Å². The van der Waals surface area contributed by atoms with Crippen molar-refractivity contribution in [3.63, 3.8) is 0 Å². The van der Waals surface area contributed by atoms with Crippen molar-refractivity contribution in [1.29, 1.82) is 0 Å². The lowest BCUT2D eigenvalue weighted by molar-refractivity contribution is 1.18. The zero-order valence-corrected chi connectivity index (χ0v) is 8.41. The third-order valence-corrected chi connectivity index (χ3v) is 2.94. The van der Waals surface area contributed by atoms with Crippen molar-refractivity contribution in [2.24, 2.45) is 0 Å². The van der Waals surface area contributed by atoms with Crippen LogP contribution in [0, 0.1) is 41.5 Å². The minimum Gasteiger partial charge on any atom is -0.0447 e. The van der Waals surface area contributed by atoms with Crippen LogP contribution in [0.4, 0.5) is 0 Å². The summed E-state index contributed by atoms with van der Waals surface area (Å²) in [5.41, 5.74) is 7.45. The van der Waals surface area contributed by atoms with Crippen LogP contribution in [-0.2, 0) is 0 Å². The molecule has 1 aromatic rings. The van der Waals surface area contributed by atoms with Crippen molar-refractivity contribution in [3.05, 3.63) is 47.2 Å². The Morgan fingerprint density at radius 2 is 0.917 bits per heavy atom. The molecule has 0 nitrogen and oxygen atoms in total. The molecule has 0 aromatic heterocycles. The number of hydrogen-bond donors (Lipinski definition) is 0. The van der Waals surface area contributed by atoms with Crippen LogP contribution in [0.1, 0.15) is 33.4 Å². The normalized spacial score (nSPS) is 10.5. The summed E-state index contributed by atoms with van der Waals surface area (Å²) >= 11 is 0. The molecule has 1 rings (SSSR count). The molecule has 2 radical (unpaired) electrons. The monoisotopic (exact) mass is 160 g/mol. The van der Waals surface area contributed by atoms with E-state index >= 15 is 0 Å². The standard InChI is InChI=1S/C12H16/c1-7-8(2)10(4)12(6)11(5)9(7)3/h1,4H2,2-3,5-6H3. The van der Waals surface area contributed by atoms with Crippen molar-refractivity contribution in [3.8, 4) is 0 Å². The van der Waals surface area contributed by atoms with E-state index in [9.17, 15) is 0 Å². The summed E-state index contributed by atoms with van der Waals surface area (Å²) in [7, 11) is 0. The van der Waals surface area contributed by atoms with E-state index in [2.05, 4.69) is 41.5 Å². The minimum absolute atomic E-state index is 1.14. The molecular weight excluding hydrogens is 144 g/mol. The van der Waals surface area contributed by atoms with Crippen LogP contribution in [0.25, 0.3) is 0 Å². The highest BCUT2D eigenvalue weighted by atomic mass is 14.1. The molecule has 0 heterocycles. The van der Waals surface area contributed by atoms with E-state index in [0.29, 0.717) is 0 Å². The Bertz CT molecular complexity index is 214. The van der Waals surface area contributed by atoms with Crippen LogP contribution in [0.2, 0.25) is 0 Å². The average Bonchev–Trinajstić information content (AvgIpc) is 2.08. The van der Waals surface area contributed by atoms with Gasteiger partial charge in [0.25, 0.3) is 0 Å². The van der Waals surface area contributed by atoms with Crippen molar-refractivity contribution >= 4 is 0 Å². The number of hydrogen-bond acceptors (Lipinski definition) is 0. The Balaban J connectivity index is 3.60. The molecule has 0 aliphatic heterocycles. The highest BCUT2D eigenvalue weighted by Crippen LogP contribution is 2.24. The molecule has 0 aliphatic carbocycles. The predicted octanol–water partition coefficient (Wildman–Crippen LogP) is 3.28. The quantitative estimate of drug-likeness (QED) is 0.546. The topological polar surface area (TPSA) is 0 Å². The largest absolute Gasteiger partial charge is 0.0447 e. The van der Waals surface area contributed by atoms with Crippen LogP contribution in [0.5, 0.6) is 0 Å². The van der Waals surface area contributed by atoms with Gasteiger partial charge in [-0.25, -0.2) is 0 Å². The minimum atomic E-state index is 1.14. The van der Waals surface area contributed by atoms with E-state index in [-0.39, 0.29) is 0 Å². The van der Waals surface area contributed by atoms with Gasteiger partial charge in [0.1, 0.15) is 0 Å². The van der Waals surface area contributed by atoms with Gasteiger partial charge >= 0.3 is 0 Å². The van der Waals surface area contributed by atoms with Gasteiger partial charge in [0.05, 0.1) is 0 Å². The van der Waals surface area contributed by atoms with Gasteiger partial charge in [0.2, 0.25) is 0 Å². The first-order valence-electron chi connectivity index (χ1n) is 4.21. The molecule has 0 unspecified atom stereocenters. The van der Waals surface area contributed by atoms with Gasteiger partial charge in [0.15, 0.2) is 0 Å². The van der Waals surface area contributed by atoms with E-state index < -0.39 is 0 Å². The SMILES string of the molecule is [CH2]c1c(C)c([CH2])c(C)c(C)c1C. The summed E-state index contributed by atoms with van der Waals surface area (Å²) in [5.74, 6) is 0. The van der Waals surface area contributed by atoms with E-state index in [1.54, 1.807) is 0 Å². The Kier molecular flexibility index (Phi) is 2.27. The molecule has 0 N–H and O–H groups in total. The Morgan fingerprint density at radius 1 is 0.583 bits per heavy atom. The fourth-order valence-corrected chi connectivity index (χ4v) is 1.48. The summed E-state index contributed by atoms with van der Waals surface area (Å²) < 4.78 is 0. The van der Waals surface area contributed by atoms with Crippen LogP contribution >= 0.6 is 0 Å². The first-order chi connectivity index (χ1) is 5.46. The van der Waals surface area contributed by atoms with Gasteiger partial charge in [-0.1, -0.05) is 0 Å². The van der Waals surface area contributed by atoms with Crippen molar-refractivity contribution < 1.29 is 0 Å². The Labute approximate surface area is 75.6 Å². The van der Waals surface area contributed by atoms with Crippen LogP contribution in [-0.4, -0.2) is 0 Å². The first kappa shape index (κ1) is 9.31. The highest BCUT2D eigenvalue weighted by molar-refractivity contribution is 5.52. The van der Waals surface area contributed by atoms with Gasteiger partial charge < -0.3 is 0 Å². The maximum atomic E-state index is 4.04. The van der Waals surface area contributed by atoms with Crippen LogP contribution in [0.15, 0.2) is 0 Å². The molecule has 0 spiro atoms. The third kappa shape index (κ3) is 1.16. The van der Waals surface area contributed by atoms with E-state index in [0.717, 1.165) is 11.1 Å². The molecule has 0 bridgehead atoms. The molecule has 0 saturated carbocycles. The average molecular weight is 160 g/mol. The maximum Gasteiger partial charge on any atom is -0.0233 e. The van der Waals surface area contributed by atoms with Gasteiger partial charge in [-0.3, -0.25) is 0 Å². The summed E-state index contributed by atoms with van der Waals surface area (Å²) in [4.78, 5) is 0. The fraction of sp³-hybridized carbons (Fsp3) is 0.333. The molecule has 12 heavy (non-hydrogen) atoms. The second-order valence-corrected chi connectivity index (χ2v) is 3.46. The van der Waals surface area contributed by atoms with E-state index in [1.165, 1.54) is 22.3 Å². The molecule has 0 atom stereocenters. The number of benzene rings is 1. The van der Waals surface area contributed by atoms with Gasteiger partial charge in [-0.15, -0.1) is 0 Å². The van der Waals surface area contributed by atoms with Crippen LogP contribution in [0.3, 0.4) is 0 Å². The molecule has 0 fully saturated rings. The zero-order valence-electron chi connectivity index (χ0n) is 8.41. The highest BCUT2D eigenvalue weighted by Gasteiger charge is 2.07. The Hall–Kier alpha value is -0.780. The Morgan fingerprint density at radius 3 is 1.25 bits per heavy atom. The lowest BCUT2D eigenvalue weighted by Crippen LogP contribution is -1.98. The van der Waals surface area contributed by atoms with Gasteiger partial charge in [0, 0.05) is 0 Å². The molecule has 0 amide bonds. The van der Waals surface area contributed by atoms with Gasteiger partial charge in [-0.05, 0) is 74.9 Å². The zero-order chi connectivity index (χ0) is 9.46. The van der Waals surface area contributed by atoms with Crippen molar-refractivity contribution in [2.45, 2.75) is 27.7 Å². The third-order valence-electron chi connectivity index (χ3n) is 2.94. The number of rotatable bonds is 0. The molecule has 0 heteroatoms. The van der Waals surface area contributed by atoms with E-state index in [1.807, 2.05) is 0 Å². The fourth-order valence-electron chi connectivity index (χ4n) is 1.48. The van der Waals surface area contributed by atoms with Gasteiger partial charge in [-0.2, -0.15) is 0 Å². The molecule has 0 saturated heterocycles. The molecule has 1 aromatic carbocycles. The summed E-state index contributed by atoms with van der Waals surface area (Å²) in [5, 5.41) is 0. The van der Waals surface area contributed by atoms with Crippen LogP contribution < -0.4 is 0 Å². The lowest BCUT2D eigenvalue weighted by Gasteiger charge is -2.15.